The van der Waals surface area contributed by atoms with Crippen molar-refractivity contribution in [1.29, 1.82) is 0 Å². The summed E-state index contributed by atoms with van der Waals surface area (Å²) in [4.78, 5) is 10.6. The maximum Gasteiger partial charge on any atom is 0.161 e. The molecule has 0 spiro atoms. The van der Waals surface area contributed by atoms with Crippen LogP contribution >= 0.6 is 0 Å². The summed E-state index contributed by atoms with van der Waals surface area (Å²) in [6, 6.07) is 66.7. The van der Waals surface area contributed by atoms with Gasteiger partial charge in [0.25, 0.3) is 0 Å². The van der Waals surface area contributed by atoms with E-state index >= 15 is 0 Å². The van der Waals surface area contributed by atoms with E-state index < -0.39 is 0 Å². The van der Waals surface area contributed by atoms with Gasteiger partial charge in [0.1, 0.15) is 0 Å². The summed E-state index contributed by atoms with van der Waals surface area (Å²) >= 11 is 0. The Labute approximate surface area is 295 Å². The lowest BCUT2D eigenvalue weighted by Gasteiger charge is -2.17. The molecule has 0 saturated heterocycles. The van der Waals surface area contributed by atoms with Crippen molar-refractivity contribution in [1.82, 2.24) is 14.5 Å². The second-order valence-electron chi connectivity index (χ2n) is 13.0. The average molecular weight is 650 g/mol. The SMILES string of the molecule is c1ccc(-c2ccc(-n3c4ccccc4c4cc(-c5ccccc5)c5ccccc5c43)cc2-c2nc(-c3ccccc3)c3ccccc3n2)cc1. The van der Waals surface area contributed by atoms with Crippen molar-refractivity contribution in [2.75, 3.05) is 0 Å². The normalized spacial score (nSPS) is 11.5. The van der Waals surface area contributed by atoms with Crippen LogP contribution < -0.4 is 0 Å². The van der Waals surface area contributed by atoms with Crippen molar-refractivity contribution in [3.05, 3.63) is 188 Å². The van der Waals surface area contributed by atoms with E-state index in [1.807, 2.05) is 6.07 Å². The molecule has 0 saturated carbocycles. The van der Waals surface area contributed by atoms with Crippen molar-refractivity contribution < 1.29 is 0 Å². The highest BCUT2D eigenvalue weighted by Crippen LogP contribution is 2.43. The smallest absolute Gasteiger partial charge is 0.161 e. The van der Waals surface area contributed by atoms with Crippen LogP contribution in [0.1, 0.15) is 0 Å². The van der Waals surface area contributed by atoms with E-state index in [9.17, 15) is 0 Å². The first kappa shape index (κ1) is 29.1. The van der Waals surface area contributed by atoms with E-state index in [2.05, 4.69) is 187 Å². The van der Waals surface area contributed by atoms with E-state index in [0.717, 1.165) is 50.1 Å². The zero-order valence-electron chi connectivity index (χ0n) is 27.7. The van der Waals surface area contributed by atoms with E-state index in [4.69, 9.17) is 9.97 Å². The van der Waals surface area contributed by atoms with Crippen LogP contribution in [0.5, 0.6) is 0 Å². The minimum absolute atomic E-state index is 0.699. The number of fused-ring (bicyclic) bond motifs is 6. The molecule has 0 bridgehead atoms. The van der Waals surface area contributed by atoms with E-state index in [-0.39, 0.29) is 0 Å². The minimum atomic E-state index is 0.699. The number of hydrogen-bond donors (Lipinski definition) is 0. The quantitative estimate of drug-likeness (QED) is 0.186. The third-order valence-corrected chi connectivity index (χ3v) is 10.00. The Morgan fingerprint density at radius 3 is 1.65 bits per heavy atom. The second kappa shape index (κ2) is 11.9. The van der Waals surface area contributed by atoms with Gasteiger partial charge >= 0.3 is 0 Å². The monoisotopic (exact) mass is 649 g/mol. The summed E-state index contributed by atoms with van der Waals surface area (Å²) < 4.78 is 2.43. The fourth-order valence-electron chi connectivity index (χ4n) is 7.69. The van der Waals surface area contributed by atoms with Crippen LogP contribution in [0, 0.1) is 0 Å². The zero-order valence-corrected chi connectivity index (χ0v) is 27.7. The molecular formula is C48H31N3. The standard InChI is InChI=1S/C48H31N3/c1-4-16-32(17-5-1)36-29-28-35(30-43(36)48-49-44-26-14-12-25-40(44)46(50-48)34-20-8-3-9-21-34)51-45-27-15-13-23-38(45)42-31-41(33-18-6-2-7-19-33)37-22-10-11-24-39(37)47(42)51/h1-31H. The van der Waals surface area contributed by atoms with Gasteiger partial charge in [0.2, 0.25) is 0 Å². The van der Waals surface area contributed by atoms with Gasteiger partial charge in [-0.15, -0.1) is 0 Å². The third kappa shape index (κ3) is 4.82. The second-order valence-corrected chi connectivity index (χ2v) is 13.0. The Morgan fingerprint density at radius 2 is 0.922 bits per heavy atom. The predicted molar refractivity (Wildman–Crippen MR) is 213 cm³/mol. The molecule has 8 aromatic carbocycles. The molecule has 2 aromatic heterocycles. The minimum Gasteiger partial charge on any atom is -0.309 e. The first-order valence-corrected chi connectivity index (χ1v) is 17.3. The van der Waals surface area contributed by atoms with Crippen LogP contribution in [0.15, 0.2) is 188 Å². The molecule has 0 aliphatic carbocycles. The Morgan fingerprint density at radius 1 is 0.353 bits per heavy atom. The van der Waals surface area contributed by atoms with Gasteiger partial charge in [0, 0.05) is 38.4 Å². The summed E-state index contributed by atoms with van der Waals surface area (Å²) in [5.74, 6) is 0.699. The first-order valence-electron chi connectivity index (χ1n) is 17.3. The molecule has 0 unspecified atom stereocenters. The lowest BCUT2D eigenvalue weighted by atomic mass is 9.95. The van der Waals surface area contributed by atoms with Crippen molar-refractivity contribution in [3.8, 4) is 50.6 Å². The predicted octanol–water partition coefficient (Wildman–Crippen LogP) is 12.5. The highest BCUT2D eigenvalue weighted by molar-refractivity contribution is 6.22. The highest BCUT2D eigenvalue weighted by atomic mass is 15.0. The van der Waals surface area contributed by atoms with Crippen molar-refractivity contribution in [3.63, 3.8) is 0 Å². The molecule has 238 valence electrons. The van der Waals surface area contributed by atoms with Gasteiger partial charge in [0.05, 0.1) is 22.2 Å². The summed E-state index contributed by atoms with van der Waals surface area (Å²) in [6.45, 7) is 0. The van der Waals surface area contributed by atoms with E-state index in [1.165, 1.54) is 38.2 Å². The Balaban J connectivity index is 1.29. The van der Waals surface area contributed by atoms with Crippen LogP contribution in [0.2, 0.25) is 0 Å². The van der Waals surface area contributed by atoms with Crippen LogP contribution in [-0.2, 0) is 0 Å². The molecule has 10 rings (SSSR count). The van der Waals surface area contributed by atoms with Crippen LogP contribution in [0.4, 0.5) is 0 Å². The van der Waals surface area contributed by atoms with Gasteiger partial charge in [-0.3, -0.25) is 0 Å². The first-order chi connectivity index (χ1) is 25.3. The molecule has 0 amide bonds. The van der Waals surface area contributed by atoms with E-state index in [1.54, 1.807) is 0 Å². The number of rotatable bonds is 5. The van der Waals surface area contributed by atoms with Gasteiger partial charge in [0.15, 0.2) is 5.82 Å². The van der Waals surface area contributed by atoms with Crippen molar-refractivity contribution in [2.45, 2.75) is 0 Å². The number of benzene rings is 8. The Bertz CT molecular complexity index is 2890. The van der Waals surface area contributed by atoms with Crippen LogP contribution in [0.25, 0.3) is 94.1 Å². The van der Waals surface area contributed by atoms with Crippen molar-refractivity contribution >= 4 is 43.5 Å². The number of nitrogens with zero attached hydrogens (tertiary/aromatic N) is 3. The van der Waals surface area contributed by atoms with Gasteiger partial charge < -0.3 is 4.57 Å². The molecule has 0 N–H and O–H groups in total. The zero-order chi connectivity index (χ0) is 33.7. The Kier molecular flexibility index (Phi) is 6.81. The van der Waals surface area contributed by atoms with E-state index in [0.29, 0.717) is 5.82 Å². The molecule has 0 aliphatic heterocycles. The number of aromatic nitrogens is 3. The molecule has 2 heterocycles. The molecule has 0 fully saturated rings. The molecule has 3 heteroatoms. The molecule has 0 radical (unpaired) electrons. The highest BCUT2D eigenvalue weighted by Gasteiger charge is 2.21. The van der Waals surface area contributed by atoms with Crippen LogP contribution in [-0.4, -0.2) is 14.5 Å². The Hall–Kier alpha value is -6.84. The molecule has 3 nitrogen and oxygen atoms in total. The summed E-state index contributed by atoms with van der Waals surface area (Å²) in [7, 11) is 0. The number of para-hydroxylation sites is 2. The van der Waals surface area contributed by atoms with Gasteiger partial charge in [-0.1, -0.05) is 158 Å². The summed E-state index contributed by atoms with van der Waals surface area (Å²) in [5.41, 5.74) is 12.0. The lowest BCUT2D eigenvalue weighted by Crippen LogP contribution is -2.00. The van der Waals surface area contributed by atoms with Gasteiger partial charge in [-0.25, -0.2) is 9.97 Å². The fourth-order valence-corrected chi connectivity index (χ4v) is 7.69. The molecule has 51 heavy (non-hydrogen) atoms. The third-order valence-electron chi connectivity index (χ3n) is 10.00. The fraction of sp³-hybridized carbons (Fsp3) is 0. The van der Waals surface area contributed by atoms with Crippen LogP contribution in [0.3, 0.4) is 0 Å². The largest absolute Gasteiger partial charge is 0.309 e. The maximum absolute atomic E-state index is 5.35. The maximum atomic E-state index is 5.35. The van der Waals surface area contributed by atoms with Crippen molar-refractivity contribution in [2.24, 2.45) is 0 Å². The lowest BCUT2D eigenvalue weighted by molar-refractivity contribution is 1.17. The summed E-state index contributed by atoms with van der Waals surface area (Å²) in [5, 5.41) is 5.93. The topological polar surface area (TPSA) is 30.7 Å². The summed E-state index contributed by atoms with van der Waals surface area (Å²) in [6.07, 6.45) is 0. The average Bonchev–Trinajstić information content (AvgIpc) is 3.55. The molecular weight excluding hydrogens is 619 g/mol. The molecule has 0 atom stereocenters. The van der Waals surface area contributed by atoms with Gasteiger partial charge in [-0.2, -0.15) is 0 Å². The van der Waals surface area contributed by atoms with Gasteiger partial charge in [-0.05, 0) is 58.0 Å². The molecule has 10 aromatic rings. The number of hydrogen-bond acceptors (Lipinski definition) is 2. The molecule has 0 aliphatic rings.